The van der Waals surface area contributed by atoms with Gasteiger partial charge in [0.2, 0.25) is 0 Å². The molecule has 0 saturated carbocycles. The van der Waals surface area contributed by atoms with E-state index >= 15 is 0 Å². The molecule has 0 radical (unpaired) electrons. The Hall–Kier alpha value is 0.840. The molecule has 4 rings (SSSR count). The lowest BCUT2D eigenvalue weighted by atomic mass is 9.94. The zero-order valence-corrected chi connectivity index (χ0v) is 18.6. The molecule has 0 nitrogen and oxygen atoms in total. The second kappa shape index (κ2) is 5.19. The van der Waals surface area contributed by atoms with Crippen LogP contribution >= 0.6 is 90.4 Å². The van der Waals surface area contributed by atoms with Gasteiger partial charge >= 0.3 is 0 Å². The van der Waals surface area contributed by atoms with Crippen LogP contribution in [0.2, 0.25) is 0 Å². The third-order valence-electron chi connectivity index (χ3n) is 3.70. The van der Waals surface area contributed by atoms with Gasteiger partial charge in [-0.25, -0.2) is 0 Å². The van der Waals surface area contributed by atoms with Gasteiger partial charge < -0.3 is 0 Å². The zero-order chi connectivity index (χ0) is 14.0. The summed E-state index contributed by atoms with van der Waals surface area (Å²) in [6, 6.07) is 13.7. The Kier molecular flexibility index (Phi) is 3.74. The Morgan fingerprint density at radius 3 is 0.950 bits per heavy atom. The maximum absolute atomic E-state index is 2.45. The van der Waals surface area contributed by atoms with Gasteiger partial charge in [0.1, 0.15) is 0 Å². The highest BCUT2D eigenvalue weighted by Gasteiger charge is 2.15. The monoisotopic (exact) mass is 706 g/mol. The Bertz CT molecular complexity index is 835. The second-order valence-corrected chi connectivity index (χ2v) is 9.40. The van der Waals surface area contributed by atoms with Crippen molar-refractivity contribution in [2.24, 2.45) is 0 Å². The number of halogens is 4. The third kappa shape index (κ3) is 1.99. The van der Waals surface area contributed by atoms with E-state index in [-0.39, 0.29) is 0 Å². The molecule has 0 aliphatic heterocycles. The van der Waals surface area contributed by atoms with Gasteiger partial charge in [-0.2, -0.15) is 0 Å². The molecule has 0 spiro atoms. The fraction of sp³-hybridized carbons (Fsp3) is 0. The molecule has 0 aromatic heterocycles. The number of rotatable bonds is 0. The molecule has 0 aliphatic carbocycles. The lowest BCUT2D eigenvalue weighted by molar-refractivity contribution is 1.67. The van der Waals surface area contributed by atoms with Crippen LogP contribution in [0.15, 0.2) is 36.4 Å². The first kappa shape index (κ1) is 14.4. The van der Waals surface area contributed by atoms with Crippen molar-refractivity contribution < 1.29 is 0 Å². The van der Waals surface area contributed by atoms with E-state index in [1.807, 2.05) is 0 Å². The molecule has 0 bridgehead atoms. The van der Waals surface area contributed by atoms with Crippen molar-refractivity contribution in [2.75, 3.05) is 0 Å². The van der Waals surface area contributed by atoms with Crippen LogP contribution in [0.3, 0.4) is 0 Å². The Morgan fingerprint density at radius 1 is 0.450 bits per heavy atom. The molecule has 4 aromatic carbocycles. The van der Waals surface area contributed by atoms with E-state index in [0.717, 1.165) is 0 Å². The fourth-order valence-electron chi connectivity index (χ4n) is 2.83. The molecule has 0 unspecified atom stereocenters. The molecule has 4 aromatic rings. The smallest absolute Gasteiger partial charge is 0.0219 e. The largest absolute Gasteiger partial charge is 0.0526 e. The summed E-state index contributed by atoms with van der Waals surface area (Å²) in [5, 5.41) is 8.34. The minimum absolute atomic E-state index is 1.34. The Labute approximate surface area is 171 Å². The summed E-state index contributed by atoms with van der Waals surface area (Å²) >= 11 is 9.81. The van der Waals surface area contributed by atoms with Crippen molar-refractivity contribution in [1.29, 1.82) is 0 Å². The Morgan fingerprint density at radius 2 is 0.700 bits per heavy atom. The summed E-state index contributed by atoms with van der Waals surface area (Å²) < 4.78 is 5.34. The van der Waals surface area contributed by atoms with Crippen LogP contribution in [-0.2, 0) is 0 Å². The van der Waals surface area contributed by atoms with Gasteiger partial charge in [0.25, 0.3) is 0 Å². The lowest BCUT2D eigenvalue weighted by Gasteiger charge is -2.15. The summed E-state index contributed by atoms with van der Waals surface area (Å²) in [5.41, 5.74) is 0. The summed E-state index contributed by atoms with van der Waals surface area (Å²) in [6.45, 7) is 0. The lowest BCUT2D eigenvalue weighted by Crippen LogP contribution is -1.92. The summed E-state index contributed by atoms with van der Waals surface area (Å²) in [7, 11) is 0. The van der Waals surface area contributed by atoms with Gasteiger partial charge in [-0.1, -0.05) is 24.3 Å². The molecule has 98 valence electrons. The molecule has 0 fully saturated rings. The van der Waals surface area contributed by atoms with Crippen LogP contribution in [0.1, 0.15) is 0 Å². The second-order valence-electron chi connectivity index (χ2n) is 4.75. The standard InChI is InChI=1S/C16H6I4/c17-11-5-13(19)9-3-4-10-14(20)6-12(18)8-2-1-7(11)15(9)16(8)10/h1-6H. The highest BCUT2D eigenvalue weighted by Crippen LogP contribution is 2.41. The molecule has 0 N–H and O–H groups in total. The topological polar surface area (TPSA) is 0 Å². The quantitative estimate of drug-likeness (QED) is 0.137. The first-order chi connectivity index (χ1) is 9.58. The van der Waals surface area contributed by atoms with Crippen LogP contribution in [0.25, 0.3) is 32.3 Å². The summed E-state index contributed by atoms with van der Waals surface area (Å²) in [6.07, 6.45) is 0. The first-order valence-electron chi connectivity index (χ1n) is 5.98. The van der Waals surface area contributed by atoms with Crippen molar-refractivity contribution >= 4 is 123 Å². The highest BCUT2D eigenvalue weighted by atomic mass is 127. The van der Waals surface area contributed by atoms with Crippen molar-refractivity contribution in [2.45, 2.75) is 0 Å². The fourth-order valence-corrected chi connectivity index (χ4v) is 7.06. The molecule has 0 heterocycles. The number of hydrogen-bond donors (Lipinski definition) is 0. The molecule has 0 atom stereocenters. The van der Waals surface area contributed by atoms with Crippen LogP contribution in [0, 0.1) is 14.3 Å². The molecule has 0 amide bonds. The van der Waals surface area contributed by atoms with Crippen molar-refractivity contribution in [1.82, 2.24) is 0 Å². The van der Waals surface area contributed by atoms with E-state index in [1.54, 1.807) is 0 Å². The minimum Gasteiger partial charge on any atom is -0.0526 e. The third-order valence-corrected chi connectivity index (χ3v) is 7.27. The first-order valence-corrected chi connectivity index (χ1v) is 10.3. The predicted molar refractivity (Wildman–Crippen MR) is 121 cm³/mol. The average Bonchev–Trinajstić information content (AvgIpc) is 2.42. The zero-order valence-electron chi connectivity index (χ0n) is 9.98. The van der Waals surface area contributed by atoms with E-state index < -0.39 is 0 Å². The van der Waals surface area contributed by atoms with E-state index in [1.165, 1.54) is 46.6 Å². The van der Waals surface area contributed by atoms with Gasteiger partial charge in [-0.05, 0) is 135 Å². The molecular weight excluding hydrogens is 700 g/mol. The van der Waals surface area contributed by atoms with Crippen LogP contribution in [-0.4, -0.2) is 0 Å². The maximum Gasteiger partial charge on any atom is 0.0219 e. The summed E-state index contributed by atoms with van der Waals surface area (Å²) in [4.78, 5) is 0. The van der Waals surface area contributed by atoms with E-state index in [4.69, 9.17) is 0 Å². The number of benzene rings is 4. The van der Waals surface area contributed by atoms with Crippen molar-refractivity contribution in [3.05, 3.63) is 50.7 Å². The van der Waals surface area contributed by atoms with Crippen molar-refractivity contribution in [3.8, 4) is 0 Å². The van der Waals surface area contributed by atoms with Gasteiger partial charge in [-0.3, -0.25) is 0 Å². The Balaban J connectivity index is 2.47. The highest BCUT2D eigenvalue weighted by molar-refractivity contribution is 14.1. The minimum atomic E-state index is 1.34. The molecule has 0 aliphatic rings. The molecular formula is C16H6I4. The van der Waals surface area contributed by atoms with Gasteiger partial charge in [0.15, 0.2) is 0 Å². The molecule has 4 heteroatoms. The normalized spacial score (nSPS) is 12.0. The maximum atomic E-state index is 2.45. The van der Waals surface area contributed by atoms with Crippen LogP contribution in [0.4, 0.5) is 0 Å². The van der Waals surface area contributed by atoms with E-state index in [2.05, 4.69) is 127 Å². The van der Waals surface area contributed by atoms with Gasteiger partial charge in [0, 0.05) is 14.3 Å². The average molecular weight is 706 g/mol. The SMILES string of the molecule is Ic1cc(I)c2ccc3c(I)cc(I)c4ccc1c2c43. The predicted octanol–water partition coefficient (Wildman–Crippen LogP) is 7.00. The van der Waals surface area contributed by atoms with Crippen molar-refractivity contribution in [3.63, 3.8) is 0 Å². The van der Waals surface area contributed by atoms with E-state index in [9.17, 15) is 0 Å². The van der Waals surface area contributed by atoms with Gasteiger partial charge in [0.05, 0.1) is 0 Å². The van der Waals surface area contributed by atoms with Crippen LogP contribution in [0.5, 0.6) is 0 Å². The molecule has 20 heavy (non-hydrogen) atoms. The molecule has 0 saturated heterocycles. The van der Waals surface area contributed by atoms with E-state index in [0.29, 0.717) is 0 Å². The van der Waals surface area contributed by atoms with Gasteiger partial charge in [-0.15, -0.1) is 0 Å². The summed E-state index contributed by atoms with van der Waals surface area (Å²) in [5.74, 6) is 0. The number of hydrogen-bond acceptors (Lipinski definition) is 0. The van der Waals surface area contributed by atoms with Crippen LogP contribution < -0.4 is 0 Å².